The predicted molar refractivity (Wildman–Crippen MR) is 110 cm³/mol. The van der Waals surface area contributed by atoms with Crippen LogP contribution in [0.2, 0.25) is 0 Å². The van der Waals surface area contributed by atoms with Gasteiger partial charge in [0.2, 0.25) is 5.91 Å². The van der Waals surface area contributed by atoms with Crippen LogP contribution in [-0.4, -0.2) is 36.5 Å². The summed E-state index contributed by atoms with van der Waals surface area (Å²) in [6, 6.07) is 15.7. The van der Waals surface area contributed by atoms with Crippen LogP contribution in [-0.2, 0) is 16.1 Å². The molecule has 0 saturated carbocycles. The zero-order valence-electron chi connectivity index (χ0n) is 16.7. The molecule has 0 bridgehead atoms. The van der Waals surface area contributed by atoms with Gasteiger partial charge >= 0.3 is 6.09 Å². The number of carbonyl (C=O) groups excluding carboxylic acids is 2. The van der Waals surface area contributed by atoms with E-state index < -0.39 is 0 Å². The fourth-order valence-corrected chi connectivity index (χ4v) is 3.55. The molecule has 2 aromatic rings. The van der Waals surface area contributed by atoms with E-state index >= 15 is 0 Å². The molecule has 2 amide bonds. The van der Waals surface area contributed by atoms with Crippen LogP contribution in [0.25, 0.3) is 0 Å². The summed E-state index contributed by atoms with van der Waals surface area (Å²) in [5, 5.41) is 0. The lowest BCUT2D eigenvalue weighted by molar-refractivity contribution is -0.118. The van der Waals surface area contributed by atoms with Crippen LogP contribution in [0.5, 0.6) is 0 Å². The predicted octanol–water partition coefficient (Wildman–Crippen LogP) is 4.62. The molecule has 1 aliphatic heterocycles. The van der Waals surface area contributed by atoms with E-state index in [2.05, 4.69) is 0 Å². The highest BCUT2D eigenvalue weighted by atomic mass is 19.1. The first kappa shape index (κ1) is 20.8. The summed E-state index contributed by atoms with van der Waals surface area (Å²) in [5.41, 5.74) is 1.54. The second-order valence-electron chi connectivity index (χ2n) is 7.31. The topological polar surface area (TPSA) is 49.9 Å². The molecule has 6 heteroatoms. The monoisotopic (exact) mass is 398 g/mol. The Morgan fingerprint density at radius 1 is 1.10 bits per heavy atom. The first-order chi connectivity index (χ1) is 14.1. The minimum Gasteiger partial charge on any atom is -0.445 e. The van der Waals surface area contributed by atoms with Crippen molar-refractivity contribution in [3.63, 3.8) is 0 Å². The maximum absolute atomic E-state index is 13.6. The minimum atomic E-state index is -0.354. The average Bonchev–Trinajstić information content (AvgIpc) is 2.76. The van der Waals surface area contributed by atoms with Crippen LogP contribution >= 0.6 is 0 Å². The van der Waals surface area contributed by atoms with Crippen molar-refractivity contribution in [3.8, 4) is 0 Å². The molecule has 1 fully saturated rings. The van der Waals surface area contributed by atoms with E-state index in [1.54, 1.807) is 28.9 Å². The fourth-order valence-electron chi connectivity index (χ4n) is 3.55. The SMILES string of the molecule is CCC(=O)N(CC1CCN(C(=O)OCc2ccccc2)CC1)c1cccc(F)c1. The lowest BCUT2D eigenvalue weighted by Crippen LogP contribution is -2.43. The second-order valence-corrected chi connectivity index (χ2v) is 7.31. The molecule has 1 aliphatic rings. The smallest absolute Gasteiger partial charge is 0.410 e. The van der Waals surface area contributed by atoms with E-state index in [0.29, 0.717) is 31.7 Å². The van der Waals surface area contributed by atoms with E-state index in [4.69, 9.17) is 4.74 Å². The number of nitrogens with zero attached hydrogens (tertiary/aromatic N) is 2. The number of ether oxygens (including phenoxy) is 1. The van der Waals surface area contributed by atoms with Gasteiger partial charge in [-0.2, -0.15) is 0 Å². The Labute approximate surface area is 171 Å². The molecule has 3 rings (SSSR count). The summed E-state index contributed by atoms with van der Waals surface area (Å²) in [4.78, 5) is 28.1. The Kier molecular flexibility index (Phi) is 7.22. The van der Waals surface area contributed by atoms with Crippen molar-refractivity contribution in [1.29, 1.82) is 0 Å². The molecule has 0 aromatic heterocycles. The van der Waals surface area contributed by atoms with E-state index in [-0.39, 0.29) is 30.3 Å². The summed E-state index contributed by atoms with van der Waals surface area (Å²) in [5.74, 6) is -0.125. The van der Waals surface area contributed by atoms with Gasteiger partial charge in [-0.05, 0) is 42.5 Å². The van der Waals surface area contributed by atoms with Gasteiger partial charge in [-0.25, -0.2) is 9.18 Å². The summed E-state index contributed by atoms with van der Waals surface area (Å²) >= 11 is 0. The molecule has 0 radical (unpaired) electrons. The number of amides is 2. The van der Waals surface area contributed by atoms with Crippen LogP contribution in [0.4, 0.5) is 14.9 Å². The number of likely N-dealkylation sites (tertiary alicyclic amines) is 1. The quantitative estimate of drug-likeness (QED) is 0.714. The molecule has 0 unspecified atom stereocenters. The average molecular weight is 398 g/mol. The molecule has 0 spiro atoms. The minimum absolute atomic E-state index is 0.0275. The molecule has 5 nitrogen and oxygen atoms in total. The van der Waals surface area contributed by atoms with Crippen molar-refractivity contribution < 1.29 is 18.7 Å². The van der Waals surface area contributed by atoms with Crippen molar-refractivity contribution in [2.24, 2.45) is 5.92 Å². The second kappa shape index (κ2) is 10.0. The van der Waals surface area contributed by atoms with E-state index in [1.165, 1.54) is 12.1 Å². The van der Waals surface area contributed by atoms with Crippen molar-refractivity contribution >= 4 is 17.7 Å². The van der Waals surface area contributed by atoms with Gasteiger partial charge in [0.15, 0.2) is 0 Å². The molecular formula is C23H27FN2O3. The molecule has 154 valence electrons. The number of halogens is 1. The van der Waals surface area contributed by atoms with Crippen LogP contribution in [0.1, 0.15) is 31.7 Å². The van der Waals surface area contributed by atoms with E-state index in [0.717, 1.165) is 18.4 Å². The van der Waals surface area contributed by atoms with Gasteiger partial charge in [0, 0.05) is 31.7 Å². The summed E-state index contributed by atoms with van der Waals surface area (Å²) < 4.78 is 19.0. The zero-order valence-corrected chi connectivity index (χ0v) is 16.7. The van der Waals surface area contributed by atoms with Gasteiger partial charge in [-0.3, -0.25) is 4.79 Å². The van der Waals surface area contributed by atoms with Gasteiger partial charge in [0.25, 0.3) is 0 Å². The van der Waals surface area contributed by atoms with Crippen molar-refractivity contribution in [2.75, 3.05) is 24.5 Å². The lowest BCUT2D eigenvalue weighted by atomic mass is 9.96. The lowest BCUT2D eigenvalue weighted by Gasteiger charge is -2.34. The Morgan fingerprint density at radius 3 is 2.48 bits per heavy atom. The van der Waals surface area contributed by atoms with Gasteiger partial charge in [-0.1, -0.05) is 43.3 Å². The number of hydrogen-bond donors (Lipinski definition) is 0. The van der Waals surface area contributed by atoms with Gasteiger partial charge < -0.3 is 14.5 Å². The van der Waals surface area contributed by atoms with Crippen LogP contribution in [0.15, 0.2) is 54.6 Å². The highest BCUT2D eigenvalue weighted by Gasteiger charge is 2.27. The normalized spacial score (nSPS) is 14.5. The largest absolute Gasteiger partial charge is 0.445 e. The Balaban J connectivity index is 1.52. The highest BCUT2D eigenvalue weighted by molar-refractivity contribution is 5.93. The maximum atomic E-state index is 13.6. The first-order valence-corrected chi connectivity index (χ1v) is 10.1. The molecule has 1 heterocycles. The fraction of sp³-hybridized carbons (Fsp3) is 0.391. The van der Waals surface area contributed by atoms with Gasteiger partial charge in [0.1, 0.15) is 12.4 Å². The Hall–Kier alpha value is -2.89. The summed E-state index contributed by atoms with van der Waals surface area (Å²) in [7, 11) is 0. The number of piperidine rings is 1. The number of anilines is 1. The molecular weight excluding hydrogens is 371 g/mol. The number of hydrogen-bond acceptors (Lipinski definition) is 3. The number of carbonyl (C=O) groups is 2. The molecule has 0 aliphatic carbocycles. The highest BCUT2D eigenvalue weighted by Crippen LogP contribution is 2.24. The van der Waals surface area contributed by atoms with Crippen LogP contribution in [0, 0.1) is 11.7 Å². The maximum Gasteiger partial charge on any atom is 0.410 e. The molecule has 2 aromatic carbocycles. The summed E-state index contributed by atoms with van der Waals surface area (Å²) in [6.45, 7) is 3.78. The molecule has 0 N–H and O–H groups in total. The van der Waals surface area contributed by atoms with Crippen molar-refractivity contribution in [1.82, 2.24) is 4.90 Å². The molecule has 1 saturated heterocycles. The van der Waals surface area contributed by atoms with E-state index in [9.17, 15) is 14.0 Å². The number of rotatable bonds is 6. The first-order valence-electron chi connectivity index (χ1n) is 10.1. The molecule has 29 heavy (non-hydrogen) atoms. The van der Waals surface area contributed by atoms with Crippen molar-refractivity contribution in [3.05, 3.63) is 66.0 Å². The van der Waals surface area contributed by atoms with E-state index in [1.807, 2.05) is 30.3 Å². The standard InChI is InChI=1S/C23H27FN2O3/c1-2-22(27)26(21-10-6-9-20(24)15-21)16-18-11-13-25(14-12-18)23(28)29-17-19-7-4-3-5-8-19/h3-10,15,18H,2,11-14,16-17H2,1H3. The molecule has 0 atom stereocenters. The van der Waals surface area contributed by atoms with Crippen LogP contribution in [0.3, 0.4) is 0 Å². The zero-order chi connectivity index (χ0) is 20.6. The summed E-state index contributed by atoms with van der Waals surface area (Å²) in [6.07, 6.45) is 1.62. The number of benzene rings is 2. The third-order valence-electron chi connectivity index (χ3n) is 5.24. The van der Waals surface area contributed by atoms with Crippen molar-refractivity contribution in [2.45, 2.75) is 32.8 Å². The van der Waals surface area contributed by atoms with Crippen LogP contribution < -0.4 is 4.90 Å². The third kappa shape index (κ3) is 5.79. The Morgan fingerprint density at radius 2 is 1.83 bits per heavy atom. The van der Waals surface area contributed by atoms with Gasteiger partial charge in [0.05, 0.1) is 0 Å². The van der Waals surface area contributed by atoms with Gasteiger partial charge in [-0.15, -0.1) is 0 Å². The Bertz CT molecular complexity index is 820. The third-order valence-corrected chi connectivity index (χ3v) is 5.24.